The van der Waals surface area contributed by atoms with Crippen LogP contribution in [0.25, 0.3) is 0 Å². The molecule has 0 amide bonds. The van der Waals surface area contributed by atoms with Gasteiger partial charge in [0.05, 0.1) is 0 Å². The van der Waals surface area contributed by atoms with Crippen LogP contribution in [0.15, 0.2) is 46.9 Å². The molecule has 0 spiro atoms. The third-order valence-electron chi connectivity index (χ3n) is 2.37. The minimum Gasteiger partial charge on any atom is -0.129 e. The number of hydrogen-bond donors (Lipinski definition) is 0. The summed E-state index contributed by atoms with van der Waals surface area (Å²) in [5, 5.41) is 0. The van der Waals surface area contributed by atoms with Crippen LogP contribution in [0.2, 0.25) is 0 Å². The largest absolute Gasteiger partial charge is 0.129 e. The smallest absolute Gasteiger partial charge is 0.0133 e. The van der Waals surface area contributed by atoms with E-state index in [1.807, 2.05) is 17.8 Å². The normalized spacial score (nSPS) is 20.9. The summed E-state index contributed by atoms with van der Waals surface area (Å²) in [6, 6.07) is 0. The lowest BCUT2D eigenvalue weighted by Crippen LogP contribution is -1.99. The van der Waals surface area contributed by atoms with Gasteiger partial charge in [-0.3, -0.25) is 0 Å². The molecule has 0 aromatic rings. The van der Waals surface area contributed by atoms with Gasteiger partial charge in [0.2, 0.25) is 0 Å². The van der Waals surface area contributed by atoms with Crippen LogP contribution in [-0.2, 0) is 0 Å². The van der Waals surface area contributed by atoms with Crippen LogP contribution in [-0.4, -0.2) is 6.26 Å². The van der Waals surface area contributed by atoms with Crippen molar-refractivity contribution in [3.63, 3.8) is 0 Å². The molecule has 1 heteroatoms. The van der Waals surface area contributed by atoms with Crippen molar-refractivity contribution in [2.75, 3.05) is 6.26 Å². The van der Waals surface area contributed by atoms with Crippen molar-refractivity contribution >= 4 is 11.8 Å². The number of hydrogen-bond acceptors (Lipinski definition) is 1. The molecule has 1 rings (SSSR count). The first-order valence-corrected chi connectivity index (χ1v) is 6.27. The molecule has 0 saturated heterocycles. The van der Waals surface area contributed by atoms with Crippen LogP contribution in [0.3, 0.4) is 0 Å². The van der Waals surface area contributed by atoms with Crippen molar-refractivity contribution in [3.8, 4) is 0 Å². The van der Waals surface area contributed by atoms with E-state index in [9.17, 15) is 0 Å². The quantitative estimate of drug-likeness (QED) is 0.656. The predicted molar refractivity (Wildman–Crippen MR) is 67.5 cm³/mol. The fourth-order valence-corrected chi connectivity index (χ4v) is 2.69. The average molecular weight is 206 g/mol. The van der Waals surface area contributed by atoms with E-state index < -0.39 is 0 Å². The van der Waals surface area contributed by atoms with Gasteiger partial charge in [-0.15, -0.1) is 11.8 Å². The topological polar surface area (TPSA) is 0 Å². The lowest BCUT2D eigenvalue weighted by atomic mass is 9.94. The van der Waals surface area contributed by atoms with Crippen LogP contribution in [0.4, 0.5) is 0 Å². The highest BCUT2D eigenvalue weighted by atomic mass is 32.2. The Morgan fingerprint density at radius 2 is 2.14 bits per heavy atom. The zero-order valence-electron chi connectivity index (χ0n) is 9.05. The van der Waals surface area contributed by atoms with Gasteiger partial charge in [0.1, 0.15) is 0 Å². The van der Waals surface area contributed by atoms with Gasteiger partial charge in [0.25, 0.3) is 0 Å². The van der Waals surface area contributed by atoms with E-state index in [0.717, 1.165) is 0 Å². The SMILES string of the molecule is C=CC=C1CCCC(/C=C/C)=C1SC. The maximum absolute atomic E-state index is 3.77. The average Bonchev–Trinajstić information content (AvgIpc) is 2.19. The van der Waals surface area contributed by atoms with Crippen molar-refractivity contribution < 1.29 is 0 Å². The summed E-state index contributed by atoms with van der Waals surface area (Å²) in [4.78, 5) is 1.45. The molecule has 0 radical (unpaired) electrons. The van der Waals surface area contributed by atoms with E-state index in [2.05, 4.69) is 38.0 Å². The van der Waals surface area contributed by atoms with Gasteiger partial charge in [0.15, 0.2) is 0 Å². The van der Waals surface area contributed by atoms with Crippen molar-refractivity contribution in [3.05, 3.63) is 46.9 Å². The van der Waals surface area contributed by atoms with E-state index in [0.29, 0.717) is 0 Å². The van der Waals surface area contributed by atoms with Crippen LogP contribution in [0.1, 0.15) is 26.2 Å². The molecule has 0 N–H and O–H groups in total. The maximum atomic E-state index is 3.77. The predicted octanol–water partition coefficient (Wildman–Crippen LogP) is 4.48. The first-order chi connectivity index (χ1) is 6.83. The second-order valence-corrected chi connectivity index (χ2v) is 4.16. The summed E-state index contributed by atoms with van der Waals surface area (Å²) in [6.07, 6.45) is 14.2. The van der Waals surface area contributed by atoms with Gasteiger partial charge in [-0.25, -0.2) is 0 Å². The highest BCUT2D eigenvalue weighted by Crippen LogP contribution is 2.36. The van der Waals surface area contributed by atoms with Gasteiger partial charge < -0.3 is 0 Å². The standard InChI is InChI=1S/C13H18S/c1-4-7-11-9-6-10-12(8-5-2)13(11)14-3/h4-5,7-8H,1,6,9-10H2,2-3H3/b8-5+,11-7?. The number of rotatable bonds is 3. The molecule has 0 aromatic carbocycles. The lowest BCUT2D eigenvalue weighted by molar-refractivity contribution is 0.793. The van der Waals surface area contributed by atoms with Crippen LogP contribution in [0.5, 0.6) is 0 Å². The van der Waals surface area contributed by atoms with E-state index in [1.165, 1.54) is 35.3 Å². The van der Waals surface area contributed by atoms with Gasteiger partial charge in [-0.1, -0.05) is 30.9 Å². The molecule has 0 nitrogen and oxygen atoms in total. The number of thioether (sulfide) groups is 1. The minimum atomic E-state index is 1.20. The summed E-state index contributed by atoms with van der Waals surface area (Å²) in [5.41, 5.74) is 2.94. The molecule has 0 heterocycles. The fraction of sp³-hybridized carbons (Fsp3) is 0.385. The molecule has 14 heavy (non-hydrogen) atoms. The molecule has 0 fully saturated rings. The second kappa shape index (κ2) is 5.92. The Morgan fingerprint density at radius 1 is 1.36 bits per heavy atom. The highest BCUT2D eigenvalue weighted by Gasteiger charge is 2.13. The first kappa shape index (κ1) is 11.4. The Hall–Kier alpha value is -0.690. The summed E-state index contributed by atoms with van der Waals surface area (Å²) in [6.45, 7) is 5.85. The first-order valence-electron chi connectivity index (χ1n) is 5.05. The Kier molecular flexibility index (Phi) is 4.81. The molecule has 0 bridgehead atoms. The monoisotopic (exact) mass is 206 g/mol. The van der Waals surface area contributed by atoms with E-state index in [4.69, 9.17) is 0 Å². The molecule has 0 aromatic heterocycles. The van der Waals surface area contributed by atoms with E-state index >= 15 is 0 Å². The zero-order chi connectivity index (χ0) is 10.4. The van der Waals surface area contributed by atoms with Crippen LogP contribution >= 0.6 is 11.8 Å². The van der Waals surface area contributed by atoms with Crippen molar-refractivity contribution in [1.29, 1.82) is 0 Å². The Balaban J connectivity index is 3.06. The Morgan fingerprint density at radius 3 is 2.71 bits per heavy atom. The van der Waals surface area contributed by atoms with Gasteiger partial charge >= 0.3 is 0 Å². The Labute approximate surface area is 91.5 Å². The molecule has 0 aliphatic heterocycles. The third-order valence-corrected chi connectivity index (χ3v) is 3.30. The third kappa shape index (κ3) is 2.65. The van der Waals surface area contributed by atoms with Crippen molar-refractivity contribution in [2.24, 2.45) is 0 Å². The zero-order valence-corrected chi connectivity index (χ0v) is 9.86. The molecule has 1 aliphatic rings. The molecule has 0 unspecified atom stereocenters. The highest BCUT2D eigenvalue weighted by molar-refractivity contribution is 8.02. The summed E-state index contributed by atoms with van der Waals surface area (Å²) < 4.78 is 0. The maximum Gasteiger partial charge on any atom is 0.0133 e. The van der Waals surface area contributed by atoms with Crippen LogP contribution in [0, 0.1) is 0 Å². The molecule has 76 valence electrons. The van der Waals surface area contributed by atoms with Gasteiger partial charge in [-0.05, 0) is 43.6 Å². The van der Waals surface area contributed by atoms with Crippen molar-refractivity contribution in [1.82, 2.24) is 0 Å². The molecular weight excluding hydrogens is 188 g/mol. The molecule has 1 aliphatic carbocycles. The second-order valence-electron chi connectivity index (χ2n) is 3.34. The summed E-state index contributed by atoms with van der Waals surface area (Å²) >= 11 is 1.85. The van der Waals surface area contributed by atoms with Crippen molar-refractivity contribution in [2.45, 2.75) is 26.2 Å². The van der Waals surface area contributed by atoms with E-state index in [-0.39, 0.29) is 0 Å². The summed E-state index contributed by atoms with van der Waals surface area (Å²) in [5.74, 6) is 0. The molecular formula is C13H18S. The fourth-order valence-electron chi connectivity index (χ4n) is 1.83. The summed E-state index contributed by atoms with van der Waals surface area (Å²) in [7, 11) is 0. The minimum absolute atomic E-state index is 1.20. The molecule has 0 saturated carbocycles. The number of allylic oxidation sites excluding steroid dienone is 6. The van der Waals surface area contributed by atoms with E-state index in [1.54, 1.807) is 0 Å². The lowest BCUT2D eigenvalue weighted by Gasteiger charge is -2.19. The van der Waals surface area contributed by atoms with Gasteiger partial charge in [0, 0.05) is 4.91 Å². The van der Waals surface area contributed by atoms with Crippen LogP contribution < -0.4 is 0 Å². The Bertz CT molecular complexity index is 292. The van der Waals surface area contributed by atoms with Gasteiger partial charge in [-0.2, -0.15) is 0 Å². The molecule has 0 atom stereocenters.